The highest BCUT2D eigenvalue weighted by atomic mass is 32.2. The van der Waals surface area contributed by atoms with Gasteiger partial charge in [-0.2, -0.15) is 13.2 Å². The number of imidazole rings is 1. The van der Waals surface area contributed by atoms with Crippen LogP contribution in [0.2, 0.25) is 0 Å². The molecule has 0 radical (unpaired) electrons. The molecule has 2 N–H and O–H groups in total. The number of aromatic nitrogens is 2. The summed E-state index contributed by atoms with van der Waals surface area (Å²) in [7, 11) is 0. The van der Waals surface area contributed by atoms with Gasteiger partial charge < -0.3 is 15.0 Å². The molecule has 0 bridgehead atoms. The Kier molecular flexibility index (Phi) is 6.07. The minimum atomic E-state index is -4.48. The van der Waals surface area contributed by atoms with Crippen LogP contribution in [0.3, 0.4) is 0 Å². The fourth-order valence-electron chi connectivity index (χ4n) is 1.79. The quantitative estimate of drug-likeness (QED) is 0.599. The van der Waals surface area contributed by atoms with Crippen molar-refractivity contribution in [2.75, 3.05) is 17.7 Å². The van der Waals surface area contributed by atoms with Gasteiger partial charge in [0.05, 0.1) is 24.1 Å². The van der Waals surface area contributed by atoms with E-state index in [0.717, 1.165) is 23.9 Å². The van der Waals surface area contributed by atoms with Crippen molar-refractivity contribution in [3.05, 3.63) is 41.7 Å². The summed E-state index contributed by atoms with van der Waals surface area (Å²) in [5.74, 6) is -1.15. The van der Waals surface area contributed by atoms with Crippen LogP contribution in [-0.4, -0.2) is 34.2 Å². The lowest BCUT2D eigenvalue weighted by Crippen LogP contribution is -2.15. The Hall–Kier alpha value is -2.49. The van der Waals surface area contributed by atoms with Crippen molar-refractivity contribution in [3.63, 3.8) is 0 Å². The maximum atomic E-state index is 12.6. The third-order valence-corrected chi connectivity index (χ3v) is 3.75. The van der Waals surface area contributed by atoms with E-state index in [4.69, 9.17) is 4.74 Å². The number of alkyl halides is 3. The zero-order valence-corrected chi connectivity index (χ0v) is 13.8. The highest BCUT2D eigenvalue weighted by molar-refractivity contribution is 7.99. The average Bonchev–Trinajstić information content (AvgIpc) is 3.02. The lowest BCUT2D eigenvalue weighted by molar-refractivity contribution is -0.137. The number of nitrogens with zero attached hydrogens (tertiary/aromatic N) is 1. The Morgan fingerprint density at radius 3 is 2.80 bits per heavy atom. The predicted molar refractivity (Wildman–Crippen MR) is 85.3 cm³/mol. The zero-order valence-electron chi connectivity index (χ0n) is 13.0. The number of hydrogen-bond acceptors (Lipinski definition) is 5. The molecule has 0 saturated carbocycles. The van der Waals surface area contributed by atoms with E-state index < -0.39 is 23.6 Å². The predicted octanol–water partition coefficient (Wildman–Crippen LogP) is 3.34. The summed E-state index contributed by atoms with van der Waals surface area (Å²) >= 11 is 1.01. The second-order valence-corrected chi connectivity index (χ2v) is 5.70. The number of carbonyl (C=O) groups excluding carboxylic acids is 2. The number of ether oxygens (including phenoxy) is 1. The van der Waals surface area contributed by atoms with Gasteiger partial charge in [0.25, 0.3) is 0 Å². The third-order valence-electron chi connectivity index (χ3n) is 2.86. The normalized spacial score (nSPS) is 11.2. The van der Waals surface area contributed by atoms with Crippen LogP contribution in [0.5, 0.6) is 0 Å². The molecule has 1 aromatic carbocycles. The highest BCUT2D eigenvalue weighted by Gasteiger charge is 2.30. The van der Waals surface area contributed by atoms with Gasteiger partial charge in [0.15, 0.2) is 5.16 Å². The van der Waals surface area contributed by atoms with Crippen LogP contribution in [-0.2, 0) is 15.7 Å². The third kappa shape index (κ3) is 5.52. The first-order valence-electron chi connectivity index (χ1n) is 7.11. The minimum absolute atomic E-state index is 0.0482. The van der Waals surface area contributed by atoms with Crippen molar-refractivity contribution in [1.82, 2.24) is 9.97 Å². The first-order valence-corrected chi connectivity index (χ1v) is 8.10. The molecule has 1 heterocycles. The molecule has 2 rings (SSSR count). The van der Waals surface area contributed by atoms with Gasteiger partial charge in [-0.25, -0.2) is 9.78 Å². The molecule has 0 atom stereocenters. The van der Waals surface area contributed by atoms with E-state index in [-0.39, 0.29) is 23.7 Å². The number of anilines is 1. The average molecular weight is 373 g/mol. The van der Waals surface area contributed by atoms with Crippen molar-refractivity contribution in [2.24, 2.45) is 0 Å². The summed E-state index contributed by atoms with van der Waals surface area (Å²) < 4.78 is 42.7. The summed E-state index contributed by atoms with van der Waals surface area (Å²) in [6, 6.07) is 4.35. The van der Waals surface area contributed by atoms with E-state index in [9.17, 15) is 22.8 Å². The number of hydrogen-bond donors (Lipinski definition) is 2. The summed E-state index contributed by atoms with van der Waals surface area (Å²) in [6.07, 6.45) is -3.20. The van der Waals surface area contributed by atoms with E-state index in [1.807, 2.05) is 0 Å². The molecule has 0 spiro atoms. The molecule has 1 amide bonds. The Balaban J connectivity index is 1.90. The number of nitrogens with one attached hydrogen (secondary N) is 2. The first-order chi connectivity index (χ1) is 11.8. The highest BCUT2D eigenvalue weighted by Crippen LogP contribution is 2.30. The molecule has 134 valence electrons. The number of halogens is 3. The van der Waals surface area contributed by atoms with Crippen LogP contribution < -0.4 is 5.32 Å². The van der Waals surface area contributed by atoms with E-state index in [1.54, 1.807) is 6.92 Å². The van der Waals surface area contributed by atoms with Gasteiger partial charge in [-0.3, -0.25) is 4.79 Å². The molecule has 0 aliphatic rings. The lowest BCUT2D eigenvalue weighted by Gasteiger charge is -2.09. The van der Waals surface area contributed by atoms with Crippen LogP contribution >= 0.6 is 11.8 Å². The Labute approximate surface area is 145 Å². The fraction of sp³-hybridized carbons (Fsp3) is 0.267. The number of esters is 1. The molecule has 0 saturated heterocycles. The smallest absolute Gasteiger partial charge is 0.416 e. The Morgan fingerprint density at radius 2 is 2.12 bits per heavy atom. The second-order valence-electron chi connectivity index (χ2n) is 4.74. The van der Waals surface area contributed by atoms with Crippen molar-refractivity contribution in [1.29, 1.82) is 0 Å². The number of rotatable bonds is 6. The van der Waals surface area contributed by atoms with E-state index >= 15 is 0 Å². The number of aromatic amines is 1. The van der Waals surface area contributed by atoms with Crippen molar-refractivity contribution >= 4 is 29.3 Å². The molecule has 2 aromatic rings. The van der Waals surface area contributed by atoms with Crippen molar-refractivity contribution in [2.45, 2.75) is 18.3 Å². The molecule has 6 nitrogen and oxygen atoms in total. The molecule has 0 aliphatic heterocycles. The molecule has 1 aromatic heterocycles. The molecular weight excluding hydrogens is 359 g/mol. The van der Waals surface area contributed by atoms with Gasteiger partial charge in [-0.15, -0.1) is 0 Å². The van der Waals surface area contributed by atoms with E-state index in [0.29, 0.717) is 5.16 Å². The Bertz CT molecular complexity index is 762. The molecule has 25 heavy (non-hydrogen) atoms. The molecule has 0 fully saturated rings. The maximum absolute atomic E-state index is 12.6. The van der Waals surface area contributed by atoms with Gasteiger partial charge in [-0.05, 0) is 25.1 Å². The Morgan fingerprint density at radius 1 is 1.36 bits per heavy atom. The number of benzene rings is 1. The van der Waals surface area contributed by atoms with Crippen LogP contribution in [0, 0.1) is 0 Å². The van der Waals surface area contributed by atoms with Crippen molar-refractivity contribution in [3.8, 4) is 0 Å². The summed E-state index contributed by atoms with van der Waals surface area (Å²) in [5, 5.41) is 2.70. The van der Waals surface area contributed by atoms with Gasteiger partial charge in [0.2, 0.25) is 5.91 Å². The van der Waals surface area contributed by atoms with Gasteiger partial charge in [-0.1, -0.05) is 17.8 Å². The van der Waals surface area contributed by atoms with Crippen LogP contribution in [0.25, 0.3) is 0 Å². The van der Waals surface area contributed by atoms with Gasteiger partial charge >= 0.3 is 12.1 Å². The topological polar surface area (TPSA) is 84.1 Å². The SMILES string of the molecule is CCOC(=O)c1cnc(SCC(=O)Nc2cccc(C(F)(F)F)c2)[nH]1. The summed E-state index contributed by atoms with van der Waals surface area (Å²) in [5.41, 5.74) is -0.641. The monoisotopic (exact) mass is 373 g/mol. The zero-order chi connectivity index (χ0) is 18.4. The van der Waals surface area contributed by atoms with Gasteiger partial charge in [0.1, 0.15) is 5.69 Å². The van der Waals surface area contributed by atoms with E-state index in [2.05, 4.69) is 15.3 Å². The maximum Gasteiger partial charge on any atom is 0.416 e. The molecular formula is C15H14F3N3O3S. The minimum Gasteiger partial charge on any atom is -0.461 e. The van der Waals surface area contributed by atoms with Crippen LogP contribution in [0.15, 0.2) is 35.6 Å². The largest absolute Gasteiger partial charge is 0.461 e. The number of H-pyrrole nitrogens is 1. The molecule has 10 heteroatoms. The molecule has 0 aliphatic carbocycles. The van der Waals surface area contributed by atoms with Gasteiger partial charge in [0, 0.05) is 5.69 Å². The number of thioether (sulfide) groups is 1. The second kappa shape index (κ2) is 8.06. The standard InChI is InChI=1S/C15H14F3N3O3S/c1-2-24-13(23)11-7-19-14(21-11)25-8-12(22)20-10-5-3-4-9(6-10)15(16,17)18/h3-7H,2,8H2,1H3,(H,19,21)(H,20,22). The number of amides is 1. The first kappa shape index (κ1) is 18.8. The van der Waals surface area contributed by atoms with Crippen LogP contribution in [0.4, 0.5) is 18.9 Å². The van der Waals surface area contributed by atoms with E-state index in [1.165, 1.54) is 18.3 Å². The van der Waals surface area contributed by atoms with Crippen LogP contribution in [0.1, 0.15) is 23.0 Å². The summed E-state index contributed by atoms with van der Waals surface area (Å²) in [4.78, 5) is 29.9. The number of carbonyl (C=O) groups is 2. The fourth-order valence-corrected chi connectivity index (χ4v) is 2.44. The summed E-state index contributed by atoms with van der Waals surface area (Å²) in [6.45, 7) is 1.89. The lowest BCUT2D eigenvalue weighted by atomic mass is 10.2. The van der Waals surface area contributed by atoms with Crippen molar-refractivity contribution < 1.29 is 27.5 Å². The molecule has 0 unspecified atom stereocenters.